The van der Waals surface area contributed by atoms with Crippen LogP contribution in [-0.2, 0) is 0 Å². The molecule has 1 aliphatic carbocycles. The summed E-state index contributed by atoms with van der Waals surface area (Å²) in [5.74, 6) is 1.47. The van der Waals surface area contributed by atoms with Gasteiger partial charge in [-0.1, -0.05) is 0 Å². The highest BCUT2D eigenvalue weighted by atomic mass is 16.5. The average molecular weight is 206 g/mol. The highest BCUT2D eigenvalue weighted by Crippen LogP contribution is 2.32. The second-order valence-electron chi connectivity index (χ2n) is 3.92. The summed E-state index contributed by atoms with van der Waals surface area (Å²) in [6, 6.07) is 1.74. The molecule has 2 rings (SSSR count). The highest BCUT2D eigenvalue weighted by molar-refractivity contribution is 5.76. The molecule has 1 heterocycles. The third kappa shape index (κ3) is 2.26. The number of aldehydes is 1. The maximum absolute atomic E-state index is 10.6. The first-order chi connectivity index (χ1) is 7.20. The topological polar surface area (TPSA) is 42.4 Å². The average Bonchev–Trinajstić information content (AvgIpc) is 3.01. The van der Waals surface area contributed by atoms with Crippen LogP contribution < -0.4 is 9.64 Å². The lowest BCUT2D eigenvalue weighted by atomic mass is 10.3. The van der Waals surface area contributed by atoms with Gasteiger partial charge in [0.2, 0.25) is 0 Å². The van der Waals surface area contributed by atoms with Crippen molar-refractivity contribution in [1.29, 1.82) is 0 Å². The summed E-state index contributed by atoms with van der Waals surface area (Å²) in [5.41, 5.74) is 0.552. The van der Waals surface area contributed by atoms with Gasteiger partial charge in [0.05, 0.1) is 6.10 Å². The van der Waals surface area contributed by atoms with Gasteiger partial charge in [-0.25, -0.2) is 4.98 Å². The van der Waals surface area contributed by atoms with E-state index in [1.807, 2.05) is 19.0 Å². The molecule has 1 aliphatic rings. The molecule has 0 N–H and O–H groups in total. The predicted octanol–water partition coefficient (Wildman–Crippen LogP) is 1.50. The molecule has 4 nitrogen and oxygen atoms in total. The van der Waals surface area contributed by atoms with Crippen LogP contribution in [0.25, 0.3) is 0 Å². The van der Waals surface area contributed by atoms with Crippen LogP contribution in [0.5, 0.6) is 5.75 Å². The van der Waals surface area contributed by atoms with Gasteiger partial charge in [0, 0.05) is 25.9 Å². The lowest BCUT2D eigenvalue weighted by molar-refractivity contribution is 0.112. The Morgan fingerprint density at radius 2 is 2.27 bits per heavy atom. The minimum atomic E-state index is 0.312. The number of carbonyl (C=O) groups is 1. The molecule has 0 radical (unpaired) electrons. The van der Waals surface area contributed by atoms with Gasteiger partial charge < -0.3 is 9.64 Å². The third-order valence-corrected chi connectivity index (χ3v) is 2.23. The quantitative estimate of drug-likeness (QED) is 0.700. The van der Waals surface area contributed by atoms with Crippen LogP contribution in [0.2, 0.25) is 0 Å². The van der Waals surface area contributed by atoms with Crippen molar-refractivity contribution >= 4 is 12.1 Å². The van der Waals surface area contributed by atoms with Crippen molar-refractivity contribution in [2.45, 2.75) is 18.9 Å². The molecular weight excluding hydrogens is 192 g/mol. The zero-order valence-corrected chi connectivity index (χ0v) is 8.93. The van der Waals surface area contributed by atoms with E-state index < -0.39 is 0 Å². The fourth-order valence-electron chi connectivity index (χ4n) is 1.30. The molecule has 0 spiro atoms. The van der Waals surface area contributed by atoms with E-state index in [2.05, 4.69) is 4.98 Å². The monoisotopic (exact) mass is 206 g/mol. The summed E-state index contributed by atoms with van der Waals surface area (Å²) in [6.07, 6.45) is 4.84. The Morgan fingerprint density at radius 3 is 2.80 bits per heavy atom. The largest absolute Gasteiger partial charge is 0.487 e. The number of nitrogens with zero attached hydrogens (tertiary/aromatic N) is 2. The Kier molecular flexibility index (Phi) is 2.58. The smallest absolute Gasteiger partial charge is 0.170 e. The van der Waals surface area contributed by atoms with Gasteiger partial charge in [0.1, 0.15) is 0 Å². The molecule has 0 aliphatic heterocycles. The SMILES string of the molecule is CN(C)c1ncc(C=O)cc1OC1CC1. The first-order valence-corrected chi connectivity index (χ1v) is 5.00. The van der Waals surface area contributed by atoms with Crippen LogP contribution >= 0.6 is 0 Å². The van der Waals surface area contributed by atoms with E-state index in [1.54, 1.807) is 12.3 Å². The van der Waals surface area contributed by atoms with Crippen LogP contribution in [0.4, 0.5) is 5.82 Å². The van der Waals surface area contributed by atoms with Gasteiger partial charge in [-0.05, 0) is 18.9 Å². The molecule has 4 heteroatoms. The maximum Gasteiger partial charge on any atom is 0.170 e. The number of hydrogen-bond donors (Lipinski definition) is 0. The fourth-order valence-corrected chi connectivity index (χ4v) is 1.30. The summed E-state index contributed by atoms with van der Waals surface area (Å²) >= 11 is 0. The summed E-state index contributed by atoms with van der Waals surface area (Å²) in [4.78, 5) is 16.7. The minimum absolute atomic E-state index is 0.312. The van der Waals surface area contributed by atoms with Crippen molar-refractivity contribution in [2.24, 2.45) is 0 Å². The highest BCUT2D eigenvalue weighted by Gasteiger charge is 2.25. The third-order valence-electron chi connectivity index (χ3n) is 2.23. The first-order valence-electron chi connectivity index (χ1n) is 5.00. The second kappa shape index (κ2) is 3.88. The fraction of sp³-hybridized carbons (Fsp3) is 0.455. The number of hydrogen-bond acceptors (Lipinski definition) is 4. The van der Waals surface area contributed by atoms with Crippen molar-refractivity contribution < 1.29 is 9.53 Å². The molecule has 1 saturated carbocycles. The van der Waals surface area contributed by atoms with Crippen LogP contribution in [0, 0.1) is 0 Å². The molecule has 1 fully saturated rings. The maximum atomic E-state index is 10.6. The van der Waals surface area contributed by atoms with Crippen molar-refractivity contribution in [3.63, 3.8) is 0 Å². The predicted molar refractivity (Wildman–Crippen MR) is 57.6 cm³/mol. The van der Waals surface area contributed by atoms with Gasteiger partial charge in [0.25, 0.3) is 0 Å². The number of aromatic nitrogens is 1. The molecule has 15 heavy (non-hydrogen) atoms. The molecule has 0 unspecified atom stereocenters. The molecule has 1 aromatic rings. The summed E-state index contributed by atoms with van der Waals surface area (Å²) in [5, 5.41) is 0. The normalized spacial score (nSPS) is 14.8. The number of ether oxygens (including phenoxy) is 1. The van der Waals surface area contributed by atoms with Crippen molar-refractivity contribution in [1.82, 2.24) is 4.98 Å². The van der Waals surface area contributed by atoms with Crippen molar-refractivity contribution in [2.75, 3.05) is 19.0 Å². The van der Waals surface area contributed by atoms with E-state index in [0.29, 0.717) is 17.4 Å². The second-order valence-corrected chi connectivity index (χ2v) is 3.92. The minimum Gasteiger partial charge on any atom is -0.487 e. The summed E-state index contributed by atoms with van der Waals surface area (Å²) in [7, 11) is 3.81. The van der Waals surface area contributed by atoms with Gasteiger partial charge in [-0.3, -0.25) is 4.79 Å². The van der Waals surface area contributed by atoms with Crippen LogP contribution in [0.3, 0.4) is 0 Å². The van der Waals surface area contributed by atoms with Crippen LogP contribution in [-0.4, -0.2) is 31.5 Å². The van der Waals surface area contributed by atoms with E-state index in [9.17, 15) is 4.79 Å². The number of anilines is 1. The zero-order chi connectivity index (χ0) is 10.8. The van der Waals surface area contributed by atoms with Gasteiger partial charge in [-0.2, -0.15) is 0 Å². The lowest BCUT2D eigenvalue weighted by Gasteiger charge is -2.16. The summed E-state index contributed by atoms with van der Waals surface area (Å²) in [6.45, 7) is 0. The Balaban J connectivity index is 2.30. The van der Waals surface area contributed by atoms with Crippen LogP contribution in [0.15, 0.2) is 12.3 Å². The Hall–Kier alpha value is -1.58. The van der Waals surface area contributed by atoms with Gasteiger partial charge in [0.15, 0.2) is 17.9 Å². The first kappa shape index (κ1) is 9.96. The number of carbonyl (C=O) groups excluding carboxylic acids is 1. The van der Waals surface area contributed by atoms with E-state index in [0.717, 1.165) is 24.9 Å². The van der Waals surface area contributed by atoms with E-state index in [4.69, 9.17) is 4.74 Å². The Morgan fingerprint density at radius 1 is 1.53 bits per heavy atom. The number of pyridine rings is 1. The van der Waals surface area contributed by atoms with E-state index in [1.165, 1.54) is 0 Å². The Bertz CT molecular complexity index is 373. The molecule has 0 aromatic carbocycles. The van der Waals surface area contributed by atoms with Gasteiger partial charge in [-0.15, -0.1) is 0 Å². The summed E-state index contributed by atoms with van der Waals surface area (Å²) < 4.78 is 5.70. The molecule has 80 valence electrons. The van der Waals surface area contributed by atoms with E-state index >= 15 is 0 Å². The Labute approximate surface area is 88.9 Å². The molecule has 0 atom stereocenters. The van der Waals surface area contributed by atoms with Crippen molar-refractivity contribution in [3.8, 4) is 5.75 Å². The zero-order valence-electron chi connectivity index (χ0n) is 8.93. The molecular formula is C11H14N2O2. The molecule has 0 bridgehead atoms. The van der Waals surface area contributed by atoms with E-state index in [-0.39, 0.29) is 0 Å². The standard InChI is InChI=1S/C11H14N2O2/c1-13(2)11-10(15-9-3-4-9)5-8(7-14)6-12-11/h5-7,9H,3-4H2,1-2H3. The lowest BCUT2D eigenvalue weighted by Crippen LogP contribution is -2.13. The van der Waals surface area contributed by atoms with Gasteiger partial charge >= 0.3 is 0 Å². The van der Waals surface area contributed by atoms with Crippen molar-refractivity contribution in [3.05, 3.63) is 17.8 Å². The number of rotatable bonds is 4. The molecule has 0 saturated heterocycles. The van der Waals surface area contributed by atoms with Crippen LogP contribution in [0.1, 0.15) is 23.2 Å². The molecule has 0 amide bonds. The molecule has 1 aromatic heterocycles.